The van der Waals surface area contributed by atoms with E-state index in [1.807, 2.05) is 7.05 Å². The molecule has 0 aliphatic carbocycles. The number of hydrogen-bond donors (Lipinski definition) is 2. The number of nitrogens with one attached hydrogen (secondary N) is 1. The highest BCUT2D eigenvalue weighted by molar-refractivity contribution is 7.89. The molecule has 0 amide bonds. The number of nitrogens with zero attached hydrogens (tertiary/aromatic N) is 1. The van der Waals surface area contributed by atoms with E-state index in [9.17, 15) is 8.42 Å². The summed E-state index contributed by atoms with van der Waals surface area (Å²) >= 11 is 0. The van der Waals surface area contributed by atoms with Gasteiger partial charge >= 0.3 is 0 Å². The molecule has 0 bridgehead atoms. The number of likely N-dealkylation sites (N-methyl/N-ethyl adjacent to an activating group) is 1. The molecule has 1 atom stereocenters. The minimum Gasteiger partial charge on any atom is -0.398 e. The Morgan fingerprint density at radius 1 is 1.42 bits per heavy atom. The van der Waals surface area contributed by atoms with E-state index in [4.69, 9.17) is 5.73 Å². The van der Waals surface area contributed by atoms with E-state index in [0.717, 1.165) is 25.9 Å². The minimum atomic E-state index is -3.49. The first-order valence-electron chi connectivity index (χ1n) is 6.46. The van der Waals surface area contributed by atoms with Gasteiger partial charge < -0.3 is 10.6 Å². The van der Waals surface area contributed by atoms with Crippen LogP contribution in [0.2, 0.25) is 0 Å². The summed E-state index contributed by atoms with van der Waals surface area (Å²) < 4.78 is 27.6. The molecule has 2 rings (SSSR count). The lowest BCUT2D eigenvalue weighted by Gasteiger charge is -2.30. The van der Waals surface area contributed by atoms with Crippen molar-refractivity contribution in [1.82, 2.24) is 9.62 Å². The van der Waals surface area contributed by atoms with Gasteiger partial charge in [-0.3, -0.25) is 0 Å². The van der Waals surface area contributed by atoms with Gasteiger partial charge in [-0.05, 0) is 51.1 Å². The van der Waals surface area contributed by atoms with Gasteiger partial charge in [0.2, 0.25) is 10.0 Å². The molecule has 1 unspecified atom stereocenters. The van der Waals surface area contributed by atoms with E-state index in [1.54, 1.807) is 25.1 Å². The third kappa shape index (κ3) is 3.26. The Morgan fingerprint density at radius 3 is 2.84 bits per heavy atom. The number of rotatable bonds is 3. The van der Waals surface area contributed by atoms with Crippen LogP contribution in [0.5, 0.6) is 0 Å². The smallest absolute Gasteiger partial charge is 0.241 e. The van der Waals surface area contributed by atoms with Gasteiger partial charge in [-0.1, -0.05) is 6.07 Å². The molecule has 1 heterocycles. The topological polar surface area (TPSA) is 75.4 Å². The van der Waals surface area contributed by atoms with Crippen LogP contribution in [0, 0.1) is 6.92 Å². The molecular formula is C13H21N3O2S. The lowest BCUT2D eigenvalue weighted by molar-refractivity contribution is 0.242. The predicted molar refractivity (Wildman–Crippen MR) is 76.4 cm³/mol. The Labute approximate surface area is 114 Å². The van der Waals surface area contributed by atoms with Crippen molar-refractivity contribution >= 4 is 15.7 Å². The number of anilines is 1. The monoisotopic (exact) mass is 283 g/mol. The molecule has 6 heteroatoms. The number of benzene rings is 1. The van der Waals surface area contributed by atoms with Crippen molar-refractivity contribution in [3.63, 3.8) is 0 Å². The number of nitrogens with two attached hydrogens (primary N) is 1. The largest absolute Gasteiger partial charge is 0.398 e. The Balaban J connectivity index is 2.20. The van der Waals surface area contributed by atoms with E-state index < -0.39 is 10.0 Å². The highest BCUT2D eigenvalue weighted by atomic mass is 32.2. The van der Waals surface area contributed by atoms with Gasteiger partial charge in [0, 0.05) is 18.3 Å². The van der Waals surface area contributed by atoms with Gasteiger partial charge in [0.05, 0.1) is 4.90 Å². The summed E-state index contributed by atoms with van der Waals surface area (Å²) in [5.41, 5.74) is 6.89. The zero-order valence-electron chi connectivity index (χ0n) is 11.4. The number of piperidine rings is 1. The van der Waals surface area contributed by atoms with Gasteiger partial charge in [-0.15, -0.1) is 0 Å². The summed E-state index contributed by atoms with van der Waals surface area (Å²) in [4.78, 5) is 2.42. The highest BCUT2D eigenvalue weighted by Crippen LogP contribution is 2.21. The fourth-order valence-corrected chi connectivity index (χ4v) is 4.00. The van der Waals surface area contributed by atoms with Crippen molar-refractivity contribution in [2.24, 2.45) is 0 Å². The zero-order valence-corrected chi connectivity index (χ0v) is 12.2. The molecule has 1 aliphatic rings. The first kappa shape index (κ1) is 14.3. The summed E-state index contributed by atoms with van der Waals surface area (Å²) in [6.07, 6.45) is 1.89. The first-order chi connectivity index (χ1) is 8.90. The van der Waals surface area contributed by atoms with Crippen LogP contribution in [-0.2, 0) is 10.0 Å². The number of nitrogen functional groups attached to an aromatic ring is 1. The standard InChI is InChI=1S/C13H21N3O2S/c1-10-12(14)6-3-7-13(10)19(17,18)15-11-5-4-8-16(2)9-11/h3,6-7,11,15H,4-5,8-9,14H2,1-2H3. The van der Waals surface area contributed by atoms with Gasteiger partial charge in [-0.2, -0.15) is 0 Å². The SMILES string of the molecule is Cc1c(N)cccc1S(=O)(=O)NC1CCCN(C)C1. The van der Waals surface area contributed by atoms with Crippen molar-refractivity contribution < 1.29 is 8.42 Å². The van der Waals surface area contributed by atoms with E-state index in [2.05, 4.69) is 9.62 Å². The molecule has 1 fully saturated rings. The van der Waals surface area contributed by atoms with Crippen LogP contribution < -0.4 is 10.5 Å². The minimum absolute atomic E-state index is 0.0235. The Morgan fingerprint density at radius 2 is 2.16 bits per heavy atom. The number of likely N-dealkylation sites (tertiary alicyclic amines) is 1. The van der Waals surface area contributed by atoms with E-state index in [1.165, 1.54) is 0 Å². The molecule has 19 heavy (non-hydrogen) atoms. The molecule has 1 aliphatic heterocycles. The molecule has 0 saturated carbocycles. The first-order valence-corrected chi connectivity index (χ1v) is 7.94. The number of hydrogen-bond acceptors (Lipinski definition) is 4. The summed E-state index contributed by atoms with van der Waals surface area (Å²) in [6, 6.07) is 4.96. The van der Waals surface area contributed by atoms with Crippen LogP contribution in [-0.4, -0.2) is 39.5 Å². The normalized spacial score (nSPS) is 21.5. The maximum absolute atomic E-state index is 12.4. The molecule has 106 valence electrons. The van der Waals surface area contributed by atoms with Gasteiger partial charge in [0.1, 0.15) is 0 Å². The fourth-order valence-electron chi connectivity index (χ4n) is 2.47. The summed E-state index contributed by atoms with van der Waals surface area (Å²) in [7, 11) is -1.49. The summed E-state index contributed by atoms with van der Waals surface area (Å²) in [5.74, 6) is 0. The summed E-state index contributed by atoms with van der Waals surface area (Å²) in [6.45, 7) is 3.51. The third-order valence-electron chi connectivity index (χ3n) is 3.56. The average Bonchev–Trinajstić information content (AvgIpc) is 2.32. The summed E-state index contributed by atoms with van der Waals surface area (Å²) in [5, 5.41) is 0. The van der Waals surface area contributed by atoms with Crippen LogP contribution >= 0.6 is 0 Å². The van der Waals surface area contributed by atoms with Crippen LogP contribution in [0.15, 0.2) is 23.1 Å². The second-order valence-corrected chi connectivity index (χ2v) is 6.88. The molecule has 1 aromatic carbocycles. The van der Waals surface area contributed by atoms with Gasteiger partial charge in [0.15, 0.2) is 0 Å². The fraction of sp³-hybridized carbons (Fsp3) is 0.538. The van der Waals surface area contributed by atoms with Crippen LogP contribution in [0.25, 0.3) is 0 Å². The third-order valence-corrected chi connectivity index (χ3v) is 5.23. The quantitative estimate of drug-likeness (QED) is 0.810. The van der Waals surface area contributed by atoms with Crippen molar-refractivity contribution in [2.45, 2.75) is 30.7 Å². The van der Waals surface area contributed by atoms with Crippen LogP contribution in [0.1, 0.15) is 18.4 Å². The number of sulfonamides is 1. The molecule has 5 nitrogen and oxygen atoms in total. The highest BCUT2D eigenvalue weighted by Gasteiger charge is 2.25. The van der Waals surface area contributed by atoms with Gasteiger partial charge in [0.25, 0.3) is 0 Å². The molecule has 1 saturated heterocycles. The second-order valence-electron chi connectivity index (χ2n) is 5.19. The second kappa shape index (κ2) is 5.48. The zero-order chi connectivity index (χ0) is 14.0. The van der Waals surface area contributed by atoms with E-state index in [-0.39, 0.29) is 10.9 Å². The van der Waals surface area contributed by atoms with Crippen LogP contribution in [0.3, 0.4) is 0 Å². The maximum atomic E-state index is 12.4. The van der Waals surface area contributed by atoms with E-state index >= 15 is 0 Å². The van der Waals surface area contributed by atoms with Crippen molar-refractivity contribution in [3.05, 3.63) is 23.8 Å². The molecule has 3 N–H and O–H groups in total. The Bertz CT molecular complexity index is 557. The maximum Gasteiger partial charge on any atom is 0.241 e. The Kier molecular flexibility index (Phi) is 4.13. The van der Waals surface area contributed by atoms with Crippen molar-refractivity contribution in [2.75, 3.05) is 25.9 Å². The molecule has 1 aromatic rings. The molecule has 0 spiro atoms. The molecule has 0 radical (unpaired) electrons. The van der Waals surface area contributed by atoms with Crippen molar-refractivity contribution in [3.8, 4) is 0 Å². The molecular weight excluding hydrogens is 262 g/mol. The average molecular weight is 283 g/mol. The lowest BCUT2D eigenvalue weighted by atomic mass is 10.1. The lowest BCUT2D eigenvalue weighted by Crippen LogP contribution is -2.46. The Hall–Kier alpha value is -1.11. The van der Waals surface area contributed by atoms with Gasteiger partial charge in [-0.25, -0.2) is 13.1 Å². The molecule has 0 aromatic heterocycles. The van der Waals surface area contributed by atoms with Crippen molar-refractivity contribution in [1.29, 1.82) is 0 Å². The predicted octanol–water partition coefficient (Wildman–Crippen LogP) is 0.950. The van der Waals surface area contributed by atoms with E-state index in [0.29, 0.717) is 11.3 Å². The van der Waals surface area contributed by atoms with Crippen LogP contribution in [0.4, 0.5) is 5.69 Å².